The lowest BCUT2D eigenvalue weighted by Crippen LogP contribution is -2.31. The molecule has 0 aliphatic rings. The van der Waals surface area contributed by atoms with Crippen LogP contribution in [-0.4, -0.2) is 19.1 Å². The van der Waals surface area contributed by atoms with Gasteiger partial charge < -0.3 is 10.5 Å². The van der Waals surface area contributed by atoms with Crippen LogP contribution in [0.5, 0.6) is 0 Å². The summed E-state index contributed by atoms with van der Waals surface area (Å²) in [5, 5.41) is 0. The molecule has 0 aromatic rings. The van der Waals surface area contributed by atoms with Gasteiger partial charge in [0.25, 0.3) is 0 Å². The Labute approximate surface area is 99.0 Å². The van der Waals surface area contributed by atoms with E-state index in [0.29, 0.717) is 13.2 Å². The second kappa shape index (κ2) is 6.69. The van der Waals surface area contributed by atoms with Crippen LogP contribution in [0.4, 0.5) is 0 Å². The molecule has 1 atom stereocenters. The van der Waals surface area contributed by atoms with Gasteiger partial charge in [0.05, 0.1) is 5.92 Å². The summed E-state index contributed by atoms with van der Waals surface area (Å²) in [6.07, 6.45) is 2.92. The van der Waals surface area contributed by atoms with E-state index in [1.807, 2.05) is 19.9 Å². The molecule has 1 unspecified atom stereocenters. The molecule has 0 saturated carbocycles. The normalized spacial score (nSPS) is 13.1. The van der Waals surface area contributed by atoms with Crippen LogP contribution in [0.2, 0.25) is 0 Å². The molecule has 0 bridgehead atoms. The van der Waals surface area contributed by atoms with Gasteiger partial charge in [0.15, 0.2) is 0 Å². The van der Waals surface area contributed by atoms with Crippen molar-refractivity contribution >= 4 is 5.97 Å². The van der Waals surface area contributed by atoms with Crippen molar-refractivity contribution in [2.24, 2.45) is 17.1 Å². The average molecular weight is 227 g/mol. The van der Waals surface area contributed by atoms with Gasteiger partial charge in [0.1, 0.15) is 6.61 Å². The highest BCUT2D eigenvalue weighted by Gasteiger charge is 2.33. The van der Waals surface area contributed by atoms with Crippen molar-refractivity contribution in [2.75, 3.05) is 13.2 Å². The first-order chi connectivity index (χ1) is 7.35. The zero-order valence-corrected chi connectivity index (χ0v) is 11.2. The van der Waals surface area contributed by atoms with Crippen LogP contribution in [0.25, 0.3) is 0 Å². The van der Waals surface area contributed by atoms with Crippen LogP contribution in [0, 0.1) is 11.3 Å². The minimum Gasteiger partial charge on any atom is -0.464 e. The quantitative estimate of drug-likeness (QED) is 0.560. The number of rotatable bonds is 6. The highest BCUT2D eigenvalue weighted by molar-refractivity contribution is 5.75. The molecule has 3 nitrogen and oxygen atoms in total. The molecule has 94 valence electrons. The summed E-state index contributed by atoms with van der Waals surface area (Å²) in [5.74, 6) is -0.354. The molecule has 0 aliphatic carbocycles. The van der Waals surface area contributed by atoms with Crippen LogP contribution in [0.15, 0.2) is 11.6 Å². The molecular weight excluding hydrogens is 202 g/mol. The molecule has 0 spiro atoms. The molecule has 0 fully saturated rings. The fourth-order valence-electron chi connectivity index (χ4n) is 1.42. The Bertz CT molecular complexity index is 253. The van der Waals surface area contributed by atoms with Crippen molar-refractivity contribution in [1.29, 1.82) is 0 Å². The number of nitrogens with two attached hydrogens (primary N) is 1. The van der Waals surface area contributed by atoms with Crippen molar-refractivity contribution in [3.05, 3.63) is 11.6 Å². The summed E-state index contributed by atoms with van der Waals surface area (Å²) in [7, 11) is 0. The van der Waals surface area contributed by atoms with E-state index in [9.17, 15) is 4.79 Å². The zero-order chi connectivity index (χ0) is 12.8. The lowest BCUT2D eigenvalue weighted by Gasteiger charge is -2.30. The van der Waals surface area contributed by atoms with Crippen LogP contribution in [0.1, 0.15) is 41.0 Å². The number of carbonyl (C=O) groups excluding carboxylic acids is 1. The van der Waals surface area contributed by atoms with Crippen LogP contribution >= 0.6 is 0 Å². The smallest absolute Gasteiger partial charge is 0.313 e. The molecule has 0 aromatic heterocycles. The Kier molecular flexibility index (Phi) is 6.34. The Morgan fingerprint density at radius 3 is 2.38 bits per heavy atom. The van der Waals surface area contributed by atoms with Gasteiger partial charge in [-0.15, -0.1) is 0 Å². The zero-order valence-electron chi connectivity index (χ0n) is 11.2. The van der Waals surface area contributed by atoms with E-state index in [4.69, 9.17) is 10.5 Å². The van der Waals surface area contributed by atoms with Gasteiger partial charge >= 0.3 is 5.97 Å². The second-order valence-corrected chi connectivity index (χ2v) is 5.02. The number of hydrogen-bond acceptors (Lipinski definition) is 3. The van der Waals surface area contributed by atoms with E-state index in [0.717, 1.165) is 12.0 Å². The Balaban J connectivity index is 4.81. The van der Waals surface area contributed by atoms with Gasteiger partial charge in [0.2, 0.25) is 0 Å². The maximum Gasteiger partial charge on any atom is 0.313 e. The van der Waals surface area contributed by atoms with E-state index in [1.165, 1.54) is 0 Å². The molecule has 0 heterocycles. The van der Waals surface area contributed by atoms with Gasteiger partial charge in [0, 0.05) is 6.54 Å². The second-order valence-electron chi connectivity index (χ2n) is 5.02. The number of carbonyl (C=O) groups is 1. The minimum absolute atomic E-state index is 0.0804. The van der Waals surface area contributed by atoms with Gasteiger partial charge in [-0.25, -0.2) is 0 Å². The first-order valence-electron chi connectivity index (χ1n) is 5.87. The summed E-state index contributed by atoms with van der Waals surface area (Å²) in [5.41, 5.74) is 6.38. The van der Waals surface area contributed by atoms with Crippen LogP contribution < -0.4 is 5.73 Å². The summed E-state index contributed by atoms with van der Waals surface area (Å²) in [6.45, 7) is 10.9. The van der Waals surface area contributed by atoms with E-state index < -0.39 is 0 Å². The summed E-state index contributed by atoms with van der Waals surface area (Å²) < 4.78 is 5.13. The first kappa shape index (κ1) is 15.2. The summed E-state index contributed by atoms with van der Waals surface area (Å²) in [6, 6.07) is 0. The fraction of sp³-hybridized carbons (Fsp3) is 0.769. The third-order valence-electron chi connectivity index (χ3n) is 2.87. The predicted octanol–water partition coefficient (Wildman–Crippen LogP) is 2.51. The average Bonchev–Trinajstić information content (AvgIpc) is 2.22. The van der Waals surface area contributed by atoms with E-state index >= 15 is 0 Å². The SMILES string of the molecule is CCC(C)(C)C(C=C(C)C)C(=O)OCCN. The number of allylic oxidation sites excluding steroid dienone is 1. The highest BCUT2D eigenvalue weighted by Crippen LogP contribution is 2.33. The van der Waals surface area contributed by atoms with Crippen molar-refractivity contribution in [3.8, 4) is 0 Å². The molecule has 16 heavy (non-hydrogen) atoms. The molecule has 0 amide bonds. The molecule has 0 aliphatic heterocycles. The molecular formula is C13H25NO2. The Hall–Kier alpha value is -0.830. The van der Waals surface area contributed by atoms with E-state index in [-0.39, 0.29) is 17.3 Å². The first-order valence-corrected chi connectivity index (χ1v) is 5.87. The highest BCUT2D eigenvalue weighted by atomic mass is 16.5. The lowest BCUT2D eigenvalue weighted by molar-refractivity contribution is -0.150. The lowest BCUT2D eigenvalue weighted by atomic mass is 9.76. The summed E-state index contributed by atoms with van der Waals surface area (Å²) in [4.78, 5) is 11.9. The van der Waals surface area contributed by atoms with Gasteiger partial charge in [-0.1, -0.05) is 32.4 Å². The van der Waals surface area contributed by atoms with E-state index in [2.05, 4.69) is 20.8 Å². The van der Waals surface area contributed by atoms with E-state index in [1.54, 1.807) is 0 Å². The maximum atomic E-state index is 11.9. The Morgan fingerprint density at radius 1 is 1.44 bits per heavy atom. The fourth-order valence-corrected chi connectivity index (χ4v) is 1.42. The molecule has 0 radical (unpaired) electrons. The van der Waals surface area contributed by atoms with Crippen LogP contribution in [0.3, 0.4) is 0 Å². The molecule has 3 heteroatoms. The molecule has 0 saturated heterocycles. The van der Waals surface area contributed by atoms with Crippen molar-refractivity contribution in [3.63, 3.8) is 0 Å². The van der Waals surface area contributed by atoms with Gasteiger partial charge in [-0.2, -0.15) is 0 Å². The van der Waals surface area contributed by atoms with Crippen molar-refractivity contribution in [2.45, 2.75) is 41.0 Å². The largest absolute Gasteiger partial charge is 0.464 e. The maximum absolute atomic E-state index is 11.9. The van der Waals surface area contributed by atoms with Gasteiger partial charge in [-0.05, 0) is 25.7 Å². The minimum atomic E-state index is -0.186. The number of ether oxygens (including phenoxy) is 1. The van der Waals surface area contributed by atoms with Gasteiger partial charge in [-0.3, -0.25) is 4.79 Å². The predicted molar refractivity (Wildman–Crippen MR) is 67.0 cm³/mol. The topological polar surface area (TPSA) is 52.3 Å². The number of esters is 1. The number of hydrogen-bond donors (Lipinski definition) is 1. The molecule has 0 aromatic carbocycles. The molecule has 2 N–H and O–H groups in total. The third-order valence-corrected chi connectivity index (χ3v) is 2.87. The summed E-state index contributed by atoms with van der Waals surface area (Å²) >= 11 is 0. The standard InChI is InChI=1S/C13H25NO2/c1-6-13(4,5)11(9-10(2)3)12(15)16-8-7-14/h9,11H,6-8,14H2,1-5H3. The van der Waals surface area contributed by atoms with Crippen LogP contribution in [-0.2, 0) is 9.53 Å². The third kappa shape index (κ3) is 4.79. The Morgan fingerprint density at radius 2 is 2.00 bits per heavy atom. The van der Waals surface area contributed by atoms with Crippen molar-refractivity contribution < 1.29 is 9.53 Å². The monoisotopic (exact) mass is 227 g/mol. The molecule has 0 rings (SSSR count). The van der Waals surface area contributed by atoms with Crippen molar-refractivity contribution in [1.82, 2.24) is 0 Å².